The number of nitrogens with zero attached hydrogens (tertiary/aromatic N) is 3. The maximum Gasteiger partial charge on any atom is 0.322 e. The molecule has 1 fully saturated rings. The summed E-state index contributed by atoms with van der Waals surface area (Å²) in [7, 11) is 2.01. The van der Waals surface area contributed by atoms with Crippen LogP contribution in [0.25, 0.3) is 0 Å². The molecular formula is C21H30N4O2. The summed E-state index contributed by atoms with van der Waals surface area (Å²) in [6.45, 7) is 7.93. The molecule has 0 bridgehead atoms. The molecule has 0 aliphatic carbocycles. The average molecular weight is 370 g/mol. The summed E-state index contributed by atoms with van der Waals surface area (Å²) in [6.07, 6.45) is 2.96. The maximum absolute atomic E-state index is 12.9. The predicted octanol–water partition coefficient (Wildman–Crippen LogP) is 3.09. The molecule has 0 unspecified atom stereocenters. The first kappa shape index (κ1) is 19.5. The number of aryl methyl sites for hydroxylation is 2. The van der Waals surface area contributed by atoms with E-state index in [1.54, 1.807) is 0 Å². The molecule has 0 radical (unpaired) electrons. The fourth-order valence-corrected chi connectivity index (χ4v) is 3.26. The Morgan fingerprint density at radius 2 is 1.93 bits per heavy atom. The highest BCUT2D eigenvalue weighted by Crippen LogP contribution is 2.12. The van der Waals surface area contributed by atoms with E-state index in [0.717, 1.165) is 57.2 Å². The monoisotopic (exact) mass is 370 g/mol. The molecule has 27 heavy (non-hydrogen) atoms. The Morgan fingerprint density at radius 1 is 1.19 bits per heavy atom. The second kappa shape index (κ2) is 9.58. The number of rotatable bonds is 7. The van der Waals surface area contributed by atoms with Crippen LogP contribution in [-0.4, -0.2) is 59.8 Å². The molecular weight excluding hydrogens is 340 g/mol. The van der Waals surface area contributed by atoms with Crippen LogP contribution in [0.5, 0.6) is 0 Å². The number of anilines is 1. The third-order valence-corrected chi connectivity index (χ3v) is 5.00. The Labute approximate surface area is 161 Å². The zero-order valence-corrected chi connectivity index (χ0v) is 16.4. The zero-order chi connectivity index (χ0) is 19.1. The van der Waals surface area contributed by atoms with Crippen LogP contribution in [0.2, 0.25) is 0 Å². The van der Waals surface area contributed by atoms with Crippen molar-refractivity contribution >= 4 is 11.7 Å². The molecule has 2 aromatic rings. The van der Waals surface area contributed by atoms with Gasteiger partial charge >= 0.3 is 6.03 Å². The first-order chi connectivity index (χ1) is 13.1. The van der Waals surface area contributed by atoms with Gasteiger partial charge in [-0.3, -0.25) is 4.90 Å². The first-order valence-corrected chi connectivity index (χ1v) is 9.65. The van der Waals surface area contributed by atoms with E-state index in [1.165, 1.54) is 5.56 Å². The van der Waals surface area contributed by atoms with Crippen molar-refractivity contribution in [1.82, 2.24) is 14.4 Å². The second-order valence-electron chi connectivity index (χ2n) is 7.14. The Hall–Kier alpha value is -2.31. The molecule has 1 aliphatic heterocycles. The van der Waals surface area contributed by atoms with Gasteiger partial charge in [-0.2, -0.15) is 0 Å². The molecule has 0 spiro atoms. The van der Waals surface area contributed by atoms with Crippen LogP contribution in [-0.2, 0) is 18.3 Å². The highest BCUT2D eigenvalue weighted by molar-refractivity contribution is 5.89. The second-order valence-corrected chi connectivity index (χ2v) is 7.14. The van der Waals surface area contributed by atoms with E-state index in [2.05, 4.69) is 20.9 Å². The molecule has 146 valence electrons. The van der Waals surface area contributed by atoms with E-state index in [9.17, 15) is 4.79 Å². The third-order valence-electron chi connectivity index (χ3n) is 5.00. The van der Waals surface area contributed by atoms with Crippen LogP contribution in [0, 0.1) is 6.92 Å². The normalized spacial score (nSPS) is 14.9. The van der Waals surface area contributed by atoms with Crippen molar-refractivity contribution in [2.75, 3.05) is 44.7 Å². The van der Waals surface area contributed by atoms with E-state index in [0.29, 0.717) is 6.54 Å². The van der Waals surface area contributed by atoms with Gasteiger partial charge in [-0.15, -0.1) is 0 Å². The number of hydrogen-bond donors (Lipinski definition) is 1. The zero-order valence-electron chi connectivity index (χ0n) is 16.4. The van der Waals surface area contributed by atoms with Crippen molar-refractivity contribution in [2.24, 2.45) is 7.05 Å². The van der Waals surface area contributed by atoms with Gasteiger partial charge in [0.25, 0.3) is 0 Å². The lowest BCUT2D eigenvalue weighted by atomic mass is 10.2. The molecule has 3 rings (SSSR count). The summed E-state index contributed by atoms with van der Waals surface area (Å²) >= 11 is 0. The largest absolute Gasteiger partial charge is 0.379 e. The minimum atomic E-state index is -0.0537. The van der Waals surface area contributed by atoms with E-state index >= 15 is 0 Å². The Kier molecular flexibility index (Phi) is 6.90. The lowest BCUT2D eigenvalue weighted by molar-refractivity contribution is 0.0365. The number of nitrogens with one attached hydrogen (secondary N) is 1. The number of carbonyl (C=O) groups excluding carboxylic acids is 1. The van der Waals surface area contributed by atoms with Gasteiger partial charge < -0.3 is 19.5 Å². The smallest absolute Gasteiger partial charge is 0.322 e. The molecule has 1 aromatic heterocycles. The topological polar surface area (TPSA) is 49.7 Å². The molecule has 1 aliphatic rings. The molecule has 1 saturated heterocycles. The maximum atomic E-state index is 12.9. The Bertz CT molecular complexity index is 720. The highest BCUT2D eigenvalue weighted by atomic mass is 16.5. The molecule has 0 atom stereocenters. The molecule has 2 heterocycles. The van der Waals surface area contributed by atoms with E-state index in [4.69, 9.17) is 4.74 Å². The minimum absolute atomic E-state index is 0.0537. The quantitative estimate of drug-likeness (QED) is 0.815. The van der Waals surface area contributed by atoms with Crippen molar-refractivity contribution in [3.05, 3.63) is 53.9 Å². The molecule has 1 aromatic carbocycles. The minimum Gasteiger partial charge on any atom is -0.379 e. The Morgan fingerprint density at radius 3 is 2.59 bits per heavy atom. The molecule has 6 nitrogen and oxygen atoms in total. The van der Waals surface area contributed by atoms with Gasteiger partial charge in [-0.1, -0.05) is 17.7 Å². The standard InChI is InChI=1S/C21H30N4O2/c1-18-6-8-19(9-7-18)22-21(26)25(17-20-5-3-10-23(20)2)12-4-11-24-13-15-27-16-14-24/h3,5-10H,4,11-17H2,1-2H3,(H,22,26). The van der Waals surface area contributed by atoms with Gasteiger partial charge in [0.1, 0.15) is 0 Å². The molecule has 0 saturated carbocycles. The van der Waals surface area contributed by atoms with Crippen LogP contribution < -0.4 is 5.32 Å². The van der Waals surface area contributed by atoms with Crippen molar-refractivity contribution in [3.8, 4) is 0 Å². The number of benzene rings is 1. The van der Waals surface area contributed by atoms with Gasteiger partial charge in [-0.25, -0.2) is 4.79 Å². The lowest BCUT2D eigenvalue weighted by Crippen LogP contribution is -2.40. The van der Waals surface area contributed by atoms with Gasteiger partial charge in [-0.05, 0) is 37.6 Å². The van der Waals surface area contributed by atoms with Gasteiger partial charge in [0.05, 0.1) is 19.8 Å². The average Bonchev–Trinajstić information content (AvgIpc) is 3.08. The van der Waals surface area contributed by atoms with Crippen molar-refractivity contribution in [3.63, 3.8) is 0 Å². The highest BCUT2D eigenvalue weighted by Gasteiger charge is 2.17. The van der Waals surface area contributed by atoms with Crippen LogP contribution in [0.15, 0.2) is 42.6 Å². The first-order valence-electron chi connectivity index (χ1n) is 9.65. The summed E-state index contributed by atoms with van der Waals surface area (Å²) in [5, 5.41) is 3.03. The molecule has 1 N–H and O–H groups in total. The Balaban J connectivity index is 1.60. The molecule has 6 heteroatoms. The van der Waals surface area contributed by atoms with Crippen LogP contribution in [0.1, 0.15) is 17.7 Å². The van der Waals surface area contributed by atoms with Crippen molar-refractivity contribution in [1.29, 1.82) is 0 Å². The van der Waals surface area contributed by atoms with Gasteiger partial charge in [0, 0.05) is 50.8 Å². The third kappa shape index (κ3) is 5.84. The van der Waals surface area contributed by atoms with E-state index < -0.39 is 0 Å². The number of hydrogen-bond acceptors (Lipinski definition) is 3. The summed E-state index contributed by atoms with van der Waals surface area (Å²) in [5.41, 5.74) is 3.13. The summed E-state index contributed by atoms with van der Waals surface area (Å²) in [6, 6.07) is 11.9. The molecule has 2 amide bonds. The van der Waals surface area contributed by atoms with Crippen LogP contribution in [0.4, 0.5) is 10.5 Å². The van der Waals surface area contributed by atoms with Gasteiger partial charge in [0.2, 0.25) is 0 Å². The van der Waals surface area contributed by atoms with Crippen molar-refractivity contribution < 1.29 is 9.53 Å². The van der Waals surface area contributed by atoms with Crippen molar-refractivity contribution in [2.45, 2.75) is 19.9 Å². The van der Waals surface area contributed by atoms with Gasteiger partial charge in [0.15, 0.2) is 0 Å². The lowest BCUT2D eigenvalue weighted by Gasteiger charge is -2.28. The van der Waals surface area contributed by atoms with Crippen LogP contribution in [0.3, 0.4) is 0 Å². The summed E-state index contributed by atoms with van der Waals surface area (Å²) < 4.78 is 7.47. The number of ether oxygens (including phenoxy) is 1. The fourth-order valence-electron chi connectivity index (χ4n) is 3.26. The number of amides is 2. The van der Waals surface area contributed by atoms with E-state index in [1.807, 2.05) is 55.4 Å². The van der Waals surface area contributed by atoms with E-state index in [-0.39, 0.29) is 6.03 Å². The summed E-state index contributed by atoms with van der Waals surface area (Å²) in [5.74, 6) is 0. The number of carbonyl (C=O) groups is 1. The SMILES string of the molecule is Cc1ccc(NC(=O)N(CCCN2CCOCC2)Cc2cccn2C)cc1. The van der Waals surface area contributed by atoms with Crippen LogP contribution >= 0.6 is 0 Å². The predicted molar refractivity (Wildman–Crippen MR) is 108 cm³/mol. The summed E-state index contributed by atoms with van der Waals surface area (Å²) in [4.78, 5) is 17.2. The number of aromatic nitrogens is 1. The fraction of sp³-hybridized carbons (Fsp3) is 0.476. The number of morpholine rings is 1. The number of urea groups is 1.